The van der Waals surface area contributed by atoms with Crippen LogP contribution in [0.4, 0.5) is 15.9 Å². The SMILES string of the molecule is CN(c1ccccc1)S(=O)(=O)c1ccc(-c2cnc(N)c(-c3ccc4c(c3)CCNC4=O)c2)c(F)c1. The van der Waals surface area contributed by atoms with Crippen LogP contribution in [-0.4, -0.2) is 32.9 Å². The quantitative estimate of drug-likeness (QED) is 0.425. The molecule has 1 aliphatic heterocycles. The van der Waals surface area contributed by atoms with Crippen LogP contribution in [0.5, 0.6) is 0 Å². The minimum Gasteiger partial charge on any atom is -0.383 e. The number of halogens is 1. The Hall–Kier alpha value is -4.24. The average Bonchev–Trinajstić information content (AvgIpc) is 2.89. The van der Waals surface area contributed by atoms with Gasteiger partial charge in [0.1, 0.15) is 11.6 Å². The van der Waals surface area contributed by atoms with Crippen molar-refractivity contribution in [2.45, 2.75) is 11.3 Å². The van der Waals surface area contributed by atoms with E-state index in [0.717, 1.165) is 21.5 Å². The normalized spacial score (nSPS) is 13.1. The van der Waals surface area contributed by atoms with Crippen molar-refractivity contribution in [3.05, 3.63) is 95.9 Å². The van der Waals surface area contributed by atoms with Gasteiger partial charge in [-0.25, -0.2) is 17.8 Å². The van der Waals surface area contributed by atoms with Crippen molar-refractivity contribution in [2.24, 2.45) is 0 Å². The molecule has 1 amide bonds. The summed E-state index contributed by atoms with van der Waals surface area (Å²) in [6.45, 7) is 0.559. The van der Waals surface area contributed by atoms with E-state index in [9.17, 15) is 13.2 Å². The summed E-state index contributed by atoms with van der Waals surface area (Å²) in [7, 11) is -2.53. The van der Waals surface area contributed by atoms with E-state index in [0.29, 0.717) is 35.3 Å². The van der Waals surface area contributed by atoms with Crippen molar-refractivity contribution in [2.75, 3.05) is 23.6 Å². The van der Waals surface area contributed by atoms with E-state index < -0.39 is 15.8 Å². The maximum absolute atomic E-state index is 15.2. The highest BCUT2D eigenvalue weighted by Gasteiger charge is 2.23. The monoisotopic (exact) mass is 502 g/mol. The minimum atomic E-state index is -3.96. The molecule has 9 heteroatoms. The molecule has 0 aliphatic carbocycles. The third-order valence-corrected chi connectivity index (χ3v) is 8.07. The molecule has 1 aromatic heterocycles. The lowest BCUT2D eigenvalue weighted by molar-refractivity contribution is 0.0946. The van der Waals surface area contributed by atoms with E-state index in [1.807, 2.05) is 6.07 Å². The second kappa shape index (κ2) is 9.09. The van der Waals surface area contributed by atoms with Gasteiger partial charge in [-0.15, -0.1) is 0 Å². The van der Waals surface area contributed by atoms with Gasteiger partial charge in [0.2, 0.25) is 0 Å². The Labute approximate surface area is 208 Å². The second-order valence-electron chi connectivity index (χ2n) is 8.48. The van der Waals surface area contributed by atoms with Crippen molar-refractivity contribution < 1.29 is 17.6 Å². The van der Waals surface area contributed by atoms with Crippen molar-refractivity contribution in [1.29, 1.82) is 0 Å². The van der Waals surface area contributed by atoms with E-state index in [1.54, 1.807) is 48.5 Å². The van der Waals surface area contributed by atoms with Gasteiger partial charge in [-0.1, -0.05) is 36.4 Å². The highest BCUT2D eigenvalue weighted by Crippen LogP contribution is 2.33. The third-order valence-electron chi connectivity index (χ3n) is 6.29. The number of rotatable bonds is 5. The van der Waals surface area contributed by atoms with Gasteiger partial charge in [-0.05, 0) is 53.9 Å². The number of nitrogens with zero attached hydrogens (tertiary/aromatic N) is 2. The van der Waals surface area contributed by atoms with Gasteiger partial charge in [0, 0.05) is 42.0 Å². The number of nitrogen functional groups attached to an aromatic ring is 1. The highest BCUT2D eigenvalue weighted by atomic mass is 32.2. The molecule has 4 aromatic rings. The van der Waals surface area contributed by atoms with E-state index >= 15 is 4.39 Å². The van der Waals surface area contributed by atoms with Crippen molar-refractivity contribution in [3.8, 4) is 22.3 Å². The molecule has 3 N–H and O–H groups in total. The fraction of sp³-hybridized carbons (Fsp3) is 0.111. The number of para-hydroxylation sites is 1. The number of fused-ring (bicyclic) bond motifs is 1. The maximum Gasteiger partial charge on any atom is 0.264 e. The van der Waals surface area contributed by atoms with Crippen LogP contribution in [0.1, 0.15) is 15.9 Å². The molecule has 3 aromatic carbocycles. The number of hydrogen-bond donors (Lipinski definition) is 2. The average molecular weight is 503 g/mol. The molecule has 0 unspecified atom stereocenters. The molecule has 0 spiro atoms. The number of carbonyl (C=O) groups is 1. The van der Waals surface area contributed by atoms with Crippen LogP contribution in [0.2, 0.25) is 0 Å². The number of nitrogens with two attached hydrogens (primary N) is 1. The highest BCUT2D eigenvalue weighted by molar-refractivity contribution is 7.92. The van der Waals surface area contributed by atoms with Crippen LogP contribution in [-0.2, 0) is 16.4 Å². The lowest BCUT2D eigenvalue weighted by Crippen LogP contribution is -2.31. The van der Waals surface area contributed by atoms with Crippen LogP contribution in [0.15, 0.2) is 83.9 Å². The first-order valence-electron chi connectivity index (χ1n) is 11.3. The van der Waals surface area contributed by atoms with Crippen LogP contribution in [0.25, 0.3) is 22.3 Å². The Morgan fingerprint density at radius 2 is 1.69 bits per heavy atom. The molecule has 0 bridgehead atoms. The van der Waals surface area contributed by atoms with Crippen LogP contribution in [0, 0.1) is 5.82 Å². The zero-order valence-corrected chi connectivity index (χ0v) is 20.2. The number of amides is 1. The number of aromatic nitrogens is 1. The fourth-order valence-electron chi connectivity index (χ4n) is 4.27. The Morgan fingerprint density at radius 1 is 0.944 bits per heavy atom. The number of benzene rings is 3. The molecule has 182 valence electrons. The van der Waals surface area contributed by atoms with Crippen LogP contribution < -0.4 is 15.4 Å². The number of carbonyl (C=O) groups excluding carboxylic acids is 1. The smallest absolute Gasteiger partial charge is 0.264 e. The summed E-state index contributed by atoms with van der Waals surface area (Å²) in [5, 5.41) is 2.81. The Kier molecular flexibility index (Phi) is 5.93. The summed E-state index contributed by atoms with van der Waals surface area (Å²) < 4.78 is 42.5. The number of pyridine rings is 1. The standard InChI is InChI=1S/C27H23FN4O3S/c1-32(20-5-3-2-4-6-20)36(34,35)21-8-10-22(25(28)15-21)19-14-24(26(29)31-16-19)17-7-9-23-18(13-17)11-12-30-27(23)33/h2-10,13-16H,11-12H2,1H3,(H2,29,31)(H,30,33). The van der Waals surface area contributed by atoms with Gasteiger partial charge in [-0.3, -0.25) is 9.10 Å². The number of anilines is 2. The van der Waals surface area contributed by atoms with Gasteiger partial charge in [-0.2, -0.15) is 0 Å². The molecule has 0 saturated carbocycles. The molecule has 0 saturated heterocycles. The zero-order valence-electron chi connectivity index (χ0n) is 19.4. The minimum absolute atomic E-state index is 0.113. The van der Waals surface area contributed by atoms with Gasteiger partial charge >= 0.3 is 0 Å². The number of sulfonamides is 1. The van der Waals surface area contributed by atoms with E-state index in [4.69, 9.17) is 5.73 Å². The predicted molar refractivity (Wildman–Crippen MR) is 138 cm³/mol. The Balaban J connectivity index is 1.50. The lowest BCUT2D eigenvalue weighted by Gasteiger charge is -2.20. The van der Waals surface area contributed by atoms with Gasteiger partial charge in [0.25, 0.3) is 15.9 Å². The van der Waals surface area contributed by atoms with Crippen LogP contribution in [0.3, 0.4) is 0 Å². The van der Waals surface area contributed by atoms with Crippen molar-refractivity contribution in [3.63, 3.8) is 0 Å². The molecule has 1 aliphatic rings. The Bertz CT molecular complexity index is 1590. The largest absolute Gasteiger partial charge is 0.383 e. The topological polar surface area (TPSA) is 105 Å². The molecular weight excluding hydrogens is 479 g/mol. The van der Waals surface area contributed by atoms with Crippen molar-refractivity contribution >= 4 is 27.4 Å². The maximum atomic E-state index is 15.2. The molecular formula is C27H23FN4O3S. The van der Waals surface area contributed by atoms with E-state index in [2.05, 4.69) is 10.3 Å². The predicted octanol–water partition coefficient (Wildman–Crippen LogP) is 4.25. The summed E-state index contributed by atoms with van der Waals surface area (Å²) in [4.78, 5) is 16.1. The van der Waals surface area contributed by atoms with Gasteiger partial charge in [0.05, 0.1) is 10.6 Å². The molecule has 0 fully saturated rings. The summed E-state index contributed by atoms with van der Waals surface area (Å²) in [6, 6.07) is 19.5. The summed E-state index contributed by atoms with van der Waals surface area (Å²) >= 11 is 0. The molecule has 2 heterocycles. The Morgan fingerprint density at radius 3 is 2.44 bits per heavy atom. The summed E-state index contributed by atoms with van der Waals surface area (Å²) in [5.74, 6) is -0.544. The molecule has 36 heavy (non-hydrogen) atoms. The van der Waals surface area contributed by atoms with E-state index in [-0.39, 0.29) is 22.2 Å². The number of hydrogen-bond acceptors (Lipinski definition) is 5. The zero-order chi connectivity index (χ0) is 25.4. The molecule has 7 nitrogen and oxygen atoms in total. The van der Waals surface area contributed by atoms with Gasteiger partial charge in [0.15, 0.2) is 0 Å². The number of nitrogens with one attached hydrogen (secondary N) is 1. The molecule has 0 radical (unpaired) electrons. The van der Waals surface area contributed by atoms with E-state index in [1.165, 1.54) is 25.4 Å². The first-order chi connectivity index (χ1) is 17.3. The first kappa shape index (κ1) is 23.5. The third kappa shape index (κ3) is 4.18. The molecule has 0 atom stereocenters. The fourth-order valence-corrected chi connectivity index (χ4v) is 5.48. The molecule has 5 rings (SSSR count). The van der Waals surface area contributed by atoms with Crippen LogP contribution >= 0.6 is 0 Å². The van der Waals surface area contributed by atoms with Gasteiger partial charge < -0.3 is 11.1 Å². The van der Waals surface area contributed by atoms with Crippen molar-refractivity contribution in [1.82, 2.24) is 10.3 Å². The lowest BCUT2D eigenvalue weighted by atomic mass is 9.94. The first-order valence-corrected chi connectivity index (χ1v) is 12.7. The second-order valence-corrected chi connectivity index (χ2v) is 10.5. The summed E-state index contributed by atoms with van der Waals surface area (Å²) in [5.41, 5.74) is 10.1. The summed E-state index contributed by atoms with van der Waals surface area (Å²) in [6.07, 6.45) is 2.15.